The molecular formula is C17H14Cl4O2. The lowest BCUT2D eigenvalue weighted by molar-refractivity contribution is -0.0998. The van der Waals surface area contributed by atoms with Crippen LogP contribution in [0.4, 0.5) is 0 Å². The van der Waals surface area contributed by atoms with E-state index >= 15 is 0 Å². The summed E-state index contributed by atoms with van der Waals surface area (Å²) in [5.74, 6) is 0. The molecule has 2 aromatic carbocycles. The zero-order valence-electron chi connectivity index (χ0n) is 12.0. The van der Waals surface area contributed by atoms with Crippen LogP contribution in [0.2, 0.25) is 20.1 Å². The van der Waals surface area contributed by atoms with Crippen LogP contribution >= 0.6 is 46.4 Å². The lowest BCUT2D eigenvalue weighted by Gasteiger charge is -2.34. The minimum absolute atomic E-state index is 0.257. The van der Waals surface area contributed by atoms with Gasteiger partial charge in [0.05, 0.1) is 38.4 Å². The second-order valence-electron chi connectivity index (χ2n) is 5.59. The largest absolute Gasteiger partial charge is 0.393 e. The molecule has 0 aliphatic carbocycles. The van der Waals surface area contributed by atoms with Crippen molar-refractivity contribution in [2.75, 3.05) is 0 Å². The van der Waals surface area contributed by atoms with Gasteiger partial charge in [0, 0.05) is 12.8 Å². The van der Waals surface area contributed by atoms with E-state index in [2.05, 4.69) is 0 Å². The van der Waals surface area contributed by atoms with Gasteiger partial charge in [-0.1, -0.05) is 58.5 Å². The minimum atomic E-state index is -0.470. The molecule has 0 amide bonds. The molecule has 122 valence electrons. The molecule has 2 nitrogen and oxygen atoms in total. The van der Waals surface area contributed by atoms with Crippen molar-refractivity contribution in [2.24, 2.45) is 0 Å². The van der Waals surface area contributed by atoms with E-state index in [9.17, 15) is 5.11 Å². The van der Waals surface area contributed by atoms with Gasteiger partial charge in [0.25, 0.3) is 0 Å². The van der Waals surface area contributed by atoms with Gasteiger partial charge in [-0.3, -0.25) is 0 Å². The van der Waals surface area contributed by atoms with Crippen LogP contribution in [0.25, 0.3) is 0 Å². The molecule has 0 radical (unpaired) electrons. The Bertz CT molecular complexity index is 660. The highest BCUT2D eigenvalue weighted by molar-refractivity contribution is 6.42. The van der Waals surface area contributed by atoms with E-state index < -0.39 is 6.10 Å². The quantitative estimate of drug-likeness (QED) is 0.655. The SMILES string of the molecule is OC1C[C@@H](c2ccc(Cl)c(Cl)c2)O[C@@H](c2ccc(Cl)c(Cl)c2)C1. The molecule has 2 aromatic rings. The van der Waals surface area contributed by atoms with Gasteiger partial charge in [0.2, 0.25) is 0 Å². The molecule has 0 bridgehead atoms. The zero-order valence-corrected chi connectivity index (χ0v) is 15.0. The second kappa shape index (κ2) is 7.18. The Kier molecular flexibility index (Phi) is 5.42. The number of benzene rings is 2. The molecular weight excluding hydrogens is 378 g/mol. The van der Waals surface area contributed by atoms with Crippen molar-refractivity contribution in [3.05, 3.63) is 67.6 Å². The molecule has 23 heavy (non-hydrogen) atoms. The van der Waals surface area contributed by atoms with Crippen LogP contribution in [0.5, 0.6) is 0 Å². The van der Waals surface area contributed by atoms with Crippen molar-refractivity contribution in [1.82, 2.24) is 0 Å². The van der Waals surface area contributed by atoms with Crippen LogP contribution in [0.1, 0.15) is 36.2 Å². The van der Waals surface area contributed by atoms with Crippen LogP contribution in [0.15, 0.2) is 36.4 Å². The smallest absolute Gasteiger partial charge is 0.0858 e. The predicted octanol–water partition coefficient (Wildman–Crippen LogP) is 6.25. The Hall–Kier alpha value is -0.480. The molecule has 0 aromatic heterocycles. The van der Waals surface area contributed by atoms with Gasteiger partial charge < -0.3 is 9.84 Å². The average Bonchev–Trinajstić information content (AvgIpc) is 2.52. The van der Waals surface area contributed by atoms with Gasteiger partial charge in [-0.15, -0.1) is 0 Å². The van der Waals surface area contributed by atoms with Gasteiger partial charge in [-0.2, -0.15) is 0 Å². The second-order valence-corrected chi connectivity index (χ2v) is 7.21. The van der Waals surface area contributed by atoms with Crippen molar-refractivity contribution in [2.45, 2.75) is 31.2 Å². The third-order valence-electron chi connectivity index (χ3n) is 3.93. The Morgan fingerprint density at radius 2 is 1.17 bits per heavy atom. The molecule has 1 saturated heterocycles. The summed E-state index contributed by atoms with van der Waals surface area (Å²) in [6.45, 7) is 0. The highest BCUT2D eigenvalue weighted by Gasteiger charge is 2.30. The first-order valence-corrected chi connectivity index (χ1v) is 8.68. The van der Waals surface area contributed by atoms with Crippen molar-refractivity contribution in [3.63, 3.8) is 0 Å². The molecule has 1 unspecified atom stereocenters. The number of hydrogen-bond donors (Lipinski definition) is 1. The number of aliphatic hydroxyl groups is 1. The van der Waals surface area contributed by atoms with Crippen LogP contribution in [0.3, 0.4) is 0 Å². The lowest BCUT2D eigenvalue weighted by atomic mass is 9.93. The van der Waals surface area contributed by atoms with Crippen molar-refractivity contribution >= 4 is 46.4 Å². The lowest BCUT2D eigenvalue weighted by Crippen LogP contribution is -2.26. The van der Waals surface area contributed by atoms with E-state index in [-0.39, 0.29) is 12.2 Å². The predicted molar refractivity (Wildman–Crippen MR) is 94.7 cm³/mol. The third kappa shape index (κ3) is 3.96. The first kappa shape index (κ1) is 17.3. The Morgan fingerprint density at radius 3 is 1.57 bits per heavy atom. The fourth-order valence-electron chi connectivity index (χ4n) is 2.75. The molecule has 1 aliphatic rings. The number of halogens is 4. The van der Waals surface area contributed by atoms with Crippen molar-refractivity contribution < 1.29 is 9.84 Å². The van der Waals surface area contributed by atoms with Crippen LogP contribution in [0, 0.1) is 0 Å². The summed E-state index contributed by atoms with van der Waals surface area (Å²) < 4.78 is 6.16. The molecule has 3 rings (SSSR count). The first-order valence-electron chi connectivity index (χ1n) is 7.17. The zero-order chi connectivity index (χ0) is 16.6. The van der Waals surface area contributed by atoms with E-state index in [4.69, 9.17) is 51.1 Å². The summed E-state index contributed by atoms with van der Waals surface area (Å²) in [5.41, 5.74) is 1.78. The molecule has 1 aliphatic heterocycles. The number of ether oxygens (including phenoxy) is 1. The van der Waals surface area contributed by atoms with Gasteiger partial charge in [-0.05, 0) is 35.4 Å². The Labute approximate surface area is 154 Å². The maximum absolute atomic E-state index is 10.2. The van der Waals surface area contributed by atoms with E-state index in [0.717, 1.165) is 11.1 Å². The minimum Gasteiger partial charge on any atom is -0.393 e. The Morgan fingerprint density at radius 1 is 0.739 bits per heavy atom. The molecule has 6 heteroatoms. The molecule has 1 fully saturated rings. The molecule has 1 N–H and O–H groups in total. The van der Waals surface area contributed by atoms with E-state index in [0.29, 0.717) is 32.9 Å². The highest BCUT2D eigenvalue weighted by atomic mass is 35.5. The highest BCUT2D eigenvalue weighted by Crippen LogP contribution is 2.41. The van der Waals surface area contributed by atoms with Crippen LogP contribution in [-0.4, -0.2) is 11.2 Å². The van der Waals surface area contributed by atoms with Crippen molar-refractivity contribution in [3.8, 4) is 0 Å². The fraction of sp³-hybridized carbons (Fsp3) is 0.294. The number of hydrogen-bond acceptors (Lipinski definition) is 2. The Balaban J connectivity index is 1.86. The summed E-state index contributed by atoms with van der Waals surface area (Å²) in [6.07, 6.45) is 0.0366. The maximum atomic E-state index is 10.2. The van der Waals surface area contributed by atoms with Gasteiger partial charge in [-0.25, -0.2) is 0 Å². The number of aliphatic hydroxyl groups excluding tert-OH is 1. The summed E-state index contributed by atoms with van der Waals surface area (Å²) in [7, 11) is 0. The maximum Gasteiger partial charge on any atom is 0.0858 e. The topological polar surface area (TPSA) is 29.5 Å². The first-order chi connectivity index (χ1) is 10.9. The van der Waals surface area contributed by atoms with Crippen LogP contribution < -0.4 is 0 Å². The molecule has 3 atom stereocenters. The normalized spacial score (nSPS) is 24.7. The van der Waals surface area contributed by atoms with Gasteiger partial charge >= 0.3 is 0 Å². The summed E-state index contributed by atoms with van der Waals surface area (Å²) in [6, 6.07) is 10.7. The molecule has 0 spiro atoms. The van der Waals surface area contributed by atoms with Gasteiger partial charge in [0.15, 0.2) is 0 Å². The summed E-state index contributed by atoms with van der Waals surface area (Å²) in [5, 5.41) is 12.2. The fourth-order valence-corrected chi connectivity index (χ4v) is 3.37. The number of rotatable bonds is 2. The third-order valence-corrected chi connectivity index (χ3v) is 5.41. The van der Waals surface area contributed by atoms with Crippen molar-refractivity contribution in [1.29, 1.82) is 0 Å². The van der Waals surface area contributed by atoms with E-state index in [1.54, 1.807) is 24.3 Å². The average molecular weight is 392 g/mol. The molecule has 1 heterocycles. The molecule has 0 saturated carbocycles. The summed E-state index contributed by atoms with van der Waals surface area (Å²) >= 11 is 24.1. The monoisotopic (exact) mass is 390 g/mol. The van der Waals surface area contributed by atoms with Crippen LogP contribution in [-0.2, 0) is 4.74 Å². The van der Waals surface area contributed by atoms with Gasteiger partial charge in [0.1, 0.15) is 0 Å². The van der Waals surface area contributed by atoms with E-state index in [1.807, 2.05) is 12.1 Å². The van der Waals surface area contributed by atoms with E-state index in [1.165, 1.54) is 0 Å². The summed E-state index contributed by atoms with van der Waals surface area (Å²) in [4.78, 5) is 0. The standard InChI is InChI=1S/C17H14Cl4O2/c18-12-3-1-9(5-14(12)20)16-7-11(22)8-17(23-16)10-2-4-13(19)15(21)6-10/h1-6,11,16-17,22H,7-8H2/t11?,16-,17+.